The first-order valence-electron chi connectivity index (χ1n) is 7.15. The molecule has 2 heteroatoms. The van der Waals surface area contributed by atoms with Crippen LogP contribution in [0.15, 0.2) is 42.5 Å². The van der Waals surface area contributed by atoms with Gasteiger partial charge in [-0.3, -0.25) is 4.79 Å². The fourth-order valence-electron chi connectivity index (χ4n) is 2.31. The summed E-state index contributed by atoms with van der Waals surface area (Å²) in [5.41, 5.74) is 4.13. The fourth-order valence-corrected chi connectivity index (χ4v) is 2.60. The Morgan fingerprint density at radius 2 is 1.67 bits per heavy atom. The number of rotatable bonds is 3. The quantitative estimate of drug-likeness (QED) is 0.696. The highest BCUT2D eigenvalue weighted by Gasteiger charge is 2.14. The summed E-state index contributed by atoms with van der Waals surface area (Å²) < 4.78 is 0. The molecule has 1 nitrogen and oxygen atoms in total. The first-order valence-corrected chi connectivity index (χ1v) is 7.53. The van der Waals surface area contributed by atoms with Crippen LogP contribution in [0.4, 0.5) is 0 Å². The van der Waals surface area contributed by atoms with Crippen molar-refractivity contribution in [2.45, 2.75) is 39.5 Å². The third-order valence-corrected chi connectivity index (χ3v) is 3.77. The number of carbonyl (C=O) groups is 1. The topological polar surface area (TPSA) is 17.1 Å². The van der Waals surface area contributed by atoms with E-state index in [0.29, 0.717) is 17.0 Å². The van der Waals surface area contributed by atoms with Gasteiger partial charge in [-0.15, -0.1) is 0 Å². The van der Waals surface area contributed by atoms with Gasteiger partial charge in [0.2, 0.25) is 0 Å². The maximum absolute atomic E-state index is 12.3. The Labute approximate surface area is 132 Å². The molecular formula is C19H21ClO. The van der Waals surface area contributed by atoms with E-state index >= 15 is 0 Å². The lowest BCUT2D eigenvalue weighted by Crippen LogP contribution is -2.11. The maximum Gasteiger partial charge on any atom is 0.167 e. The van der Waals surface area contributed by atoms with Gasteiger partial charge in [-0.1, -0.05) is 56.6 Å². The molecule has 0 saturated carbocycles. The van der Waals surface area contributed by atoms with Crippen LogP contribution >= 0.6 is 11.6 Å². The number of aryl methyl sites for hydroxylation is 1. The molecule has 0 aromatic heterocycles. The molecule has 21 heavy (non-hydrogen) atoms. The van der Waals surface area contributed by atoms with Crippen LogP contribution in [0.25, 0.3) is 0 Å². The lowest BCUT2D eigenvalue weighted by atomic mass is 9.86. The predicted octanol–water partition coefficient (Wildman–Crippen LogP) is 5.37. The molecule has 0 aliphatic heterocycles. The number of benzene rings is 2. The number of hydrogen-bond acceptors (Lipinski definition) is 1. The Morgan fingerprint density at radius 3 is 2.19 bits per heavy atom. The van der Waals surface area contributed by atoms with E-state index in [4.69, 9.17) is 11.6 Å². The predicted molar refractivity (Wildman–Crippen MR) is 89.4 cm³/mol. The van der Waals surface area contributed by atoms with Crippen LogP contribution in [-0.2, 0) is 11.8 Å². The Hall–Kier alpha value is -1.60. The minimum atomic E-state index is 0.101. The van der Waals surface area contributed by atoms with Gasteiger partial charge in [0.1, 0.15) is 0 Å². The van der Waals surface area contributed by atoms with Crippen molar-refractivity contribution in [1.29, 1.82) is 0 Å². The van der Waals surface area contributed by atoms with Crippen LogP contribution in [0.2, 0.25) is 5.02 Å². The summed E-state index contributed by atoms with van der Waals surface area (Å²) in [5, 5.41) is 0.612. The molecule has 0 saturated heterocycles. The zero-order valence-corrected chi connectivity index (χ0v) is 13.8. The molecule has 0 bridgehead atoms. The Kier molecular flexibility index (Phi) is 4.53. The first-order chi connectivity index (χ1) is 9.75. The number of carbonyl (C=O) groups excluding carboxylic acids is 1. The highest BCUT2D eigenvalue weighted by Crippen LogP contribution is 2.23. The lowest BCUT2D eigenvalue weighted by Gasteiger charge is -2.19. The van der Waals surface area contributed by atoms with Crippen molar-refractivity contribution in [1.82, 2.24) is 0 Å². The molecule has 0 N–H and O–H groups in total. The van der Waals surface area contributed by atoms with Crippen molar-refractivity contribution in [2.24, 2.45) is 0 Å². The van der Waals surface area contributed by atoms with E-state index in [9.17, 15) is 4.79 Å². The van der Waals surface area contributed by atoms with Gasteiger partial charge in [-0.05, 0) is 47.2 Å². The maximum atomic E-state index is 12.3. The third kappa shape index (κ3) is 4.18. The van der Waals surface area contributed by atoms with Crippen molar-refractivity contribution in [3.8, 4) is 0 Å². The van der Waals surface area contributed by atoms with E-state index in [1.165, 1.54) is 5.56 Å². The smallest absolute Gasteiger partial charge is 0.167 e. The second-order valence-electron chi connectivity index (χ2n) is 6.56. The van der Waals surface area contributed by atoms with Gasteiger partial charge >= 0.3 is 0 Å². The average molecular weight is 301 g/mol. The van der Waals surface area contributed by atoms with Gasteiger partial charge < -0.3 is 0 Å². The second kappa shape index (κ2) is 6.03. The molecule has 0 spiro atoms. The highest BCUT2D eigenvalue weighted by atomic mass is 35.5. The first kappa shape index (κ1) is 15.8. The Morgan fingerprint density at radius 1 is 1.05 bits per heavy atom. The molecule has 0 radical (unpaired) electrons. The monoisotopic (exact) mass is 300 g/mol. The van der Waals surface area contributed by atoms with Gasteiger partial charge in [-0.25, -0.2) is 0 Å². The Balaban J connectivity index is 2.16. The molecule has 0 heterocycles. The normalized spacial score (nSPS) is 11.5. The fraction of sp³-hybridized carbons (Fsp3) is 0.316. The van der Waals surface area contributed by atoms with E-state index in [0.717, 1.165) is 11.1 Å². The Bertz CT molecular complexity index is 628. The zero-order valence-electron chi connectivity index (χ0n) is 13.0. The third-order valence-electron chi connectivity index (χ3n) is 3.55. The van der Waals surface area contributed by atoms with Crippen LogP contribution in [0.5, 0.6) is 0 Å². The summed E-state index contributed by atoms with van der Waals surface area (Å²) >= 11 is 6.02. The SMILES string of the molecule is Cc1cc(Cl)cc(C(=O)Cc2ccc(C(C)(C)C)cc2)c1. The van der Waals surface area contributed by atoms with Crippen molar-refractivity contribution in [2.75, 3.05) is 0 Å². The molecule has 0 fully saturated rings. The molecule has 0 amide bonds. The average Bonchev–Trinajstić information content (AvgIpc) is 2.37. The summed E-state index contributed by atoms with van der Waals surface area (Å²) in [6.45, 7) is 8.49. The van der Waals surface area contributed by atoms with Crippen molar-refractivity contribution in [3.05, 3.63) is 69.7 Å². The lowest BCUT2D eigenvalue weighted by molar-refractivity contribution is 0.0993. The van der Waals surface area contributed by atoms with Gasteiger partial charge in [0, 0.05) is 17.0 Å². The van der Waals surface area contributed by atoms with Crippen LogP contribution < -0.4 is 0 Å². The minimum absolute atomic E-state index is 0.101. The van der Waals surface area contributed by atoms with Crippen LogP contribution in [0.1, 0.15) is 47.8 Å². The molecule has 0 aliphatic rings. The summed E-state index contributed by atoms with van der Waals surface area (Å²) in [6, 6.07) is 13.8. The summed E-state index contributed by atoms with van der Waals surface area (Å²) in [6.07, 6.45) is 0.407. The molecule has 2 aromatic carbocycles. The zero-order chi connectivity index (χ0) is 15.6. The number of halogens is 1. The molecule has 110 valence electrons. The van der Waals surface area contributed by atoms with Crippen molar-refractivity contribution >= 4 is 17.4 Å². The van der Waals surface area contributed by atoms with Gasteiger partial charge in [0.05, 0.1) is 0 Å². The molecule has 0 aliphatic carbocycles. The summed E-state index contributed by atoms with van der Waals surface area (Å²) in [5.74, 6) is 0.101. The largest absolute Gasteiger partial charge is 0.294 e. The van der Waals surface area contributed by atoms with E-state index in [1.807, 2.05) is 31.2 Å². The second-order valence-corrected chi connectivity index (χ2v) is 7.00. The molecule has 2 aromatic rings. The van der Waals surface area contributed by atoms with Gasteiger partial charge in [0.25, 0.3) is 0 Å². The van der Waals surface area contributed by atoms with Gasteiger partial charge in [-0.2, -0.15) is 0 Å². The van der Waals surface area contributed by atoms with Crippen molar-refractivity contribution < 1.29 is 4.79 Å². The van der Waals surface area contributed by atoms with E-state index in [-0.39, 0.29) is 11.2 Å². The molecular weight excluding hydrogens is 280 g/mol. The number of ketones is 1. The van der Waals surface area contributed by atoms with E-state index < -0.39 is 0 Å². The van der Waals surface area contributed by atoms with Crippen LogP contribution in [0, 0.1) is 6.92 Å². The van der Waals surface area contributed by atoms with E-state index in [1.54, 1.807) is 6.07 Å². The highest BCUT2D eigenvalue weighted by molar-refractivity contribution is 6.31. The number of Topliss-reactive ketones (excluding diaryl/α,β-unsaturated/α-hetero) is 1. The van der Waals surface area contributed by atoms with Gasteiger partial charge in [0.15, 0.2) is 5.78 Å². The summed E-state index contributed by atoms with van der Waals surface area (Å²) in [7, 11) is 0. The minimum Gasteiger partial charge on any atom is -0.294 e. The molecule has 0 atom stereocenters. The number of hydrogen-bond donors (Lipinski definition) is 0. The van der Waals surface area contributed by atoms with E-state index in [2.05, 4.69) is 32.9 Å². The standard InChI is InChI=1S/C19H21ClO/c1-13-9-15(12-17(20)10-13)18(21)11-14-5-7-16(8-6-14)19(2,3)4/h5-10,12H,11H2,1-4H3. The van der Waals surface area contributed by atoms with Crippen LogP contribution in [-0.4, -0.2) is 5.78 Å². The van der Waals surface area contributed by atoms with Crippen LogP contribution in [0.3, 0.4) is 0 Å². The molecule has 2 rings (SSSR count). The molecule has 0 unspecified atom stereocenters. The van der Waals surface area contributed by atoms with Crippen molar-refractivity contribution in [3.63, 3.8) is 0 Å². The summed E-state index contributed by atoms with van der Waals surface area (Å²) in [4.78, 5) is 12.3.